The fourth-order valence-corrected chi connectivity index (χ4v) is 2.28. The van der Waals surface area contributed by atoms with Crippen LogP contribution in [0.4, 0.5) is 5.69 Å². The van der Waals surface area contributed by atoms with Crippen LogP contribution in [-0.2, 0) is 13.1 Å². The lowest BCUT2D eigenvalue weighted by Crippen LogP contribution is -2.07. The molecule has 3 nitrogen and oxygen atoms in total. The molecule has 0 unspecified atom stereocenters. The van der Waals surface area contributed by atoms with Gasteiger partial charge in [0, 0.05) is 22.9 Å². The summed E-state index contributed by atoms with van der Waals surface area (Å²) in [5.41, 5.74) is 3.59. The minimum atomic E-state index is 0.794. The number of aryl methyl sites for hydroxylation is 2. The number of hydrogen-bond acceptors (Lipinski definition) is 2. The van der Waals surface area contributed by atoms with E-state index in [1.807, 2.05) is 12.5 Å². The van der Waals surface area contributed by atoms with Crippen molar-refractivity contribution in [3.8, 4) is 0 Å². The van der Waals surface area contributed by atoms with Crippen LogP contribution in [0, 0.1) is 6.92 Å². The Kier molecular flexibility index (Phi) is 4.42. The molecule has 18 heavy (non-hydrogen) atoms. The molecule has 0 saturated carbocycles. The van der Waals surface area contributed by atoms with Crippen molar-refractivity contribution in [2.45, 2.75) is 33.4 Å². The van der Waals surface area contributed by atoms with Gasteiger partial charge in [-0.05, 0) is 47.0 Å². The molecule has 0 fully saturated rings. The molecule has 0 bridgehead atoms. The van der Waals surface area contributed by atoms with Crippen molar-refractivity contribution in [1.29, 1.82) is 0 Å². The van der Waals surface area contributed by atoms with Crippen LogP contribution in [-0.4, -0.2) is 9.55 Å². The van der Waals surface area contributed by atoms with Crippen molar-refractivity contribution >= 4 is 21.6 Å². The summed E-state index contributed by atoms with van der Waals surface area (Å²) in [5, 5.41) is 3.45. The number of nitrogens with one attached hydrogen (secondary N) is 1. The molecule has 1 aromatic heterocycles. The molecule has 0 aliphatic carbocycles. The van der Waals surface area contributed by atoms with E-state index < -0.39 is 0 Å². The van der Waals surface area contributed by atoms with Gasteiger partial charge in [-0.2, -0.15) is 0 Å². The van der Waals surface area contributed by atoms with Crippen LogP contribution in [0.15, 0.2) is 35.2 Å². The van der Waals surface area contributed by atoms with Gasteiger partial charge in [0.25, 0.3) is 0 Å². The Labute approximate surface area is 116 Å². The Hall–Kier alpha value is -1.29. The zero-order chi connectivity index (χ0) is 13.0. The lowest BCUT2D eigenvalue weighted by Gasteiger charge is -2.11. The van der Waals surface area contributed by atoms with E-state index in [0.29, 0.717) is 0 Å². The third-order valence-electron chi connectivity index (χ3n) is 2.84. The van der Waals surface area contributed by atoms with E-state index in [-0.39, 0.29) is 0 Å². The highest BCUT2D eigenvalue weighted by atomic mass is 79.9. The highest BCUT2D eigenvalue weighted by molar-refractivity contribution is 9.10. The van der Waals surface area contributed by atoms with E-state index in [4.69, 9.17) is 0 Å². The van der Waals surface area contributed by atoms with Crippen molar-refractivity contribution in [2.24, 2.45) is 0 Å². The van der Waals surface area contributed by atoms with Gasteiger partial charge in [-0.1, -0.05) is 13.0 Å². The number of aromatic nitrogens is 2. The van der Waals surface area contributed by atoms with Gasteiger partial charge in [0.1, 0.15) is 0 Å². The van der Waals surface area contributed by atoms with Gasteiger partial charge in [-0.25, -0.2) is 4.98 Å². The van der Waals surface area contributed by atoms with Crippen LogP contribution in [0.5, 0.6) is 0 Å². The second-order valence-corrected chi connectivity index (χ2v) is 5.27. The smallest absolute Gasteiger partial charge is 0.0948 e. The standard InChI is InChI=1S/C14H18BrN3/c1-3-6-18-10-16-8-12(18)9-17-14-7-11(2)4-5-13(14)15/h4-5,7-8,10,17H,3,6,9H2,1-2H3. The Morgan fingerprint density at radius 2 is 2.22 bits per heavy atom. The molecule has 1 N–H and O–H groups in total. The molecule has 0 amide bonds. The molecule has 0 aliphatic rings. The van der Waals surface area contributed by atoms with Gasteiger partial charge >= 0.3 is 0 Å². The molecule has 0 aliphatic heterocycles. The minimum absolute atomic E-state index is 0.794. The van der Waals surface area contributed by atoms with Crippen molar-refractivity contribution in [2.75, 3.05) is 5.32 Å². The maximum absolute atomic E-state index is 4.20. The van der Waals surface area contributed by atoms with Gasteiger partial charge in [-0.15, -0.1) is 0 Å². The van der Waals surface area contributed by atoms with Crippen molar-refractivity contribution in [3.63, 3.8) is 0 Å². The zero-order valence-corrected chi connectivity index (χ0v) is 12.4. The highest BCUT2D eigenvalue weighted by Gasteiger charge is 2.03. The predicted octanol–water partition coefficient (Wildman–Crippen LogP) is 3.98. The summed E-state index contributed by atoms with van der Waals surface area (Å²) in [6.07, 6.45) is 4.94. The average Bonchev–Trinajstić information content (AvgIpc) is 2.78. The second-order valence-electron chi connectivity index (χ2n) is 4.42. The molecule has 2 rings (SSSR count). The Morgan fingerprint density at radius 3 is 3.00 bits per heavy atom. The zero-order valence-electron chi connectivity index (χ0n) is 10.8. The first-order valence-electron chi connectivity index (χ1n) is 6.19. The number of hydrogen-bond donors (Lipinski definition) is 1. The van der Waals surface area contributed by atoms with Crippen molar-refractivity contribution in [3.05, 3.63) is 46.5 Å². The predicted molar refractivity (Wildman–Crippen MR) is 78.7 cm³/mol. The first-order valence-corrected chi connectivity index (χ1v) is 6.99. The number of nitrogens with zero attached hydrogens (tertiary/aromatic N) is 2. The van der Waals surface area contributed by atoms with Crippen LogP contribution in [0.2, 0.25) is 0 Å². The lowest BCUT2D eigenvalue weighted by atomic mass is 10.2. The van der Waals surface area contributed by atoms with Crippen LogP contribution in [0.25, 0.3) is 0 Å². The first-order chi connectivity index (χ1) is 8.70. The van der Waals surface area contributed by atoms with Crippen LogP contribution in [0.3, 0.4) is 0 Å². The number of benzene rings is 1. The third kappa shape index (κ3) is 3.13. The largest absolute Gasteiger partial charge is 0.378 e. The Morgan fingerprint density at radius 1 is 1.39 bits per heavy atom. The second kappa shape index (κ2) is 6.05. The quantitative estimate of drug-likeness (QED) is 0.905. The number of halogens is 1. The number of imidazole rings is 1. The SMILES string of the molecule is CCCn1cncc1CNc1cc(C)ccc1Br. The minimum Gasteiger partial charge on any atom is -0.378 e. The van der Waals surface area contributed by atoms with E-state index >= 15 is 0 Å². The van der Waals surface area contributed by atoms with Crippen LogP contribution < -0.4 is 5.32 Å². The van der Waals surface area contributed by atoms with Gasteiger partial charge in [-0.3, -0.25) is 0 Å². The van der Waals surface area contributed by atoms with Crippen LogP contribution >= 0.6 is 15.9 Å². The van der Waals surface area contributed by atoms with Gasteiger partial charge in [0.2, 0.25) is 0 Å². The third-order valence-corrected chi connectivity index (χ3v) is 3.54. The molecule has 1 heterocycles. The maximum atomic E-state index is 4.20. The van der Waals surface area contributed by atoms with Gasteiger partial charge in [0.15, 0.2) is 0 Å². The fraction of sp³-hybridized carbons (Fsp3) is 0.357. The van der Waals surface area contributed by atoms with E-state index in [0.717, 1.165) is 29.7 Å². The average molecular weight is 308 g/mol. The molecule has 0 spiro atoms. The summed E-state index contributed by atoms with van der Waals surface area (Å²) < 4.78 is 3.28. The van der Waals surface area contributed by atoms with E-state index in [9.17, 15) is 0 Å². The summed E-state index contributed by atoms with van der Waals surface area (Å²) in [7, 11) is 0. The Bertz CT molecular complexity index is 520. The molecular weight excluding hydrogens is 290 g/mol. The topological polar surface area (TPSA) is 29.9 Å². The summed E-state index contributed by atoms with van der Waals surface area (Å²) >= 11 is 3.56. The molecule has 0 saturated heterocycles. The van der Waals surface area contributed by atoms with Crippen LogP contribution in [0.1, 0.15) is 24.6 Å². The highest BCUT2D eigenvalue weighted by Crippen LogP contribution is 2.23. The maximum Gasteiger partial charge on any atom is 0.0948 e. The summed E-state index contributed by atoms with van der Waals surface area (Å²) in [4.78, 5) is 4.20. The van der Waals surface area contributed by atoms with Gasteiger partial charge in [0.05, 0.1) is 18.6 Å². The molecule has 0 atom stereocenters. The molecule has 4 heteroatoms. The summed E-state index contributed by atoms with van der Waals surface area (Å²) in [6, 6.07) is 6.31. The van der Waals surface area contributed by atoms with Gasteiger partial charge < -0.3 is 9.88 Å². The molecule has 1 aromatic carbocycles. The molecular formula is C14H18BrN3. The molecule has 96 valence electrons. The Balaban J connectivity index is 2.06. The lowest BCUT2D eigenvalue weighted by molar-refractivity contribution is 0.651. The molecule has 2 aromatic rings. The monoisotopic (exact) mass is 307 g/mol. The number of anilines is 1. The van der Waals surface area contributed by atoms with E-state index in [1.54, 1.807) is 0 Å². The fourth-order valence-electron chi connectivity index (χ4n) is 1.90. The number of rotatable bonds is 5. The normalized spacial score (nSPS) is 10.6. The van der Waals surface area contributed by atoms with Crippen molar-refractivity contribution < 1.29 is 0 Å². The summed E-state index contributed by atoms with van der Waals surface area (Å²) in [6.45, 7) is 6.08. The van der Waals surface area contributed by atoms with E-state index in [1.165, 1.54) is 11.3 Å². The first kappa shape index (κ1) is 13.1. The molecule has 0 radical (unpaired) electrons. The van der Waals surface area contributed by atoms with E-state index in [2.05, 4.69) is 62.8 Å². The van der Waals surface area contributed by atoms with Crippen molar-refractivity contribution in [1.82, 2.24) is 9.55 Å². The summed E-state index contributed by atoms with van der Waals surface area (Å²) in [5.74, 6) is 0.